The van der Waals surface area contributed by atoms with E-state index in [1.807, 2.05) is 20.8 Å². The van der Waals surface area contributed by atoms with E-state index in [0.29, 0.717) is 13.0 Å². The molecule has 0 fully saturated rings. The predicted molar refractivity (Wildman–Crippen MR) is 152 cm³/mol. The Bertz CT molecular complexity index is 962. The number of likely N-dealkylation sites (N-methyl/N-ethyl adjacent to an activating group) is 1. The summed E-state index contributed by atoms with van der Waals surface area (Å²) in [5.41, 5.74) is 0.776. The van der Waals surface area contributed by atoms with Crippen molar-refractivity contribution in [3.63, 3.8) is 0 Å². The van der Waals surface area contributed by atoms with Crippen LogP contribution in [-0.4, -0.2) is 91.5 Å². The van der Waals surface area contributed by atoms with E-state index in [2.05, 4.69) is 16.0 Å². The number of halogens is 3. The van der Waals surface area contributed by atoms with E-state index in [1.165, 1.54) is 4.90 Å². The summed E-state index contributed by atoms with van der Waals surface area (Å²) in [6, 6.07) is 6.88. The van der Waals surface area contributed by atoms with Crippen LogP contribution in [0.3, 0.4) is 0 Å². The van der Waals surface area contributed by atoms with Gasteiger partial charge in [0.15, 0.2) is 0 Å². The van der Waals surface area contributed by atoms with Gasteiger partial charge in [-0.05, 0) is 37.8 Å². The largest absolute Gasteiger partial charge is 0.471 e. The molecule has 3 N–H and O–H groups in total. The maximum Gasteiger partial charge on any atom is 0.471 e. The molecule has 4 amide bonds. The van der Waals surface area contributed by atoms with E-state index in [0.717, 1.165) is 16.9 Å². The summed E-state index contributed by atoms with van der Waals surface area (Å²) in [5, 5.41) is 8.07. The van der Waals surface area contributed by atoms with Crippen LogP contribution >= 0.6 is 0 Å². The van der Waals surface area contributed by atoms with Crippen LogP contribution in [0.1, 0.15) is 58.9 Å². The van der Waals surface area contributed by atoms with Crippen molar-refractivity contribution in [3.8, 4) is 0 Å². The predicted octanol–water partition coefficient (Wildman–Crippen LogP) is 2.89. The molecular formula is C29H46F3N5O4. The van der Waals surface area contributed by atoms with Crippen molar-refractivity contribution in [2.75, 3.05) is 39.8 Å². The summed E-state index contributed by atoms with van der Waals surface area (Å²) in [4.78, 5) is 53.5. The lowest BCUT2D eigenvalue weighted by atomic mass is 10.1. The van der Waals surface area contributed by atoms with Gasteiger partial charge < -0.3 is 25.8 Å². The smallest absolute Gasteiger partial charge is 0.356 e. The molecular weight excluding hydrogens is 539 g/mol. The Morgan fingerprint density at radius 3 is 2.15 bits per heavy atom. The molecule has 9 nitrogen and oxygen atoms in total. The van der Waals surface area contributed by atoms with Crippen LogP contribution < -0.4 is 16.0 Å². The molecule has 0 bridgehead atoms. The minimum absolute atomic E-state index is 0.0867. The highest BCUT2D eigenvalue weighted by molar-refractivity contribution is 5.92. The zero-order chi connectivity index (χ0) is 31.0. The van der Waals surface area contributed by atoms with Crippen molar-refractivity contribution in [1.29, 1.82) is 0 Å². The molecule has 3 atom stereocenters. The van der Waals surface area contributed by atoms with Gasteiger partial charge in [0, 0.05) is 32.2 Å². The number of carbonyl (C=O) groups excluding carboxylic acids is 4. The highest BCUT2D eigenvalue weighted by atomic mass is 19.4. The fourth-order valence-corrected chi connectivity index (χ4v) is 4.28. The topological polar surface area (TPSA) is 111 Å². The van der Waals surface area contributed by atoms with Crippen LogP contribution in [0, 0.1) is 5.92 Å². The summed E-state index contributed by atoms with van der Waals surface area (Å²) >= 11 is 0. The summed E-state index contributed by atoms with van der Waals surface area (Å²) in [6.45, 7) is 7.47. The van der Waals surface area contributed by atoms with Crippen molar-refractivity contribution >= 4 is 23.6 Å². The lowest BCUT2D eigenvalue weighted by molar-refractivity contribution is -0.186. The Labute approximate surface area is 241 Å². The van der Waals surface area contributed by atoms with E-state index in [1.54, 1.807) is 44.3 Å². The number of alkyl halides is 3. The molecule has 1 rings (SSSR count). The van der Waals surface area contributed by atoms with E-state index in [4.69, 9.17) is 0 Å². The average Bonchev–Trinajstić information content (AvgIpc) is 2.94. The van der Waals surface area contributed by atoms with Crippen molar-refractivity contribution in [1.82, 2.24) is 25.8 Å². The van der Waals surface area contributed by atoms with Gasteiger partial charge in [-0.25, -0.2) is 0 Å². The third-order valence-corrected chi connectivity index (χ3v) is 6.84. The Morgan fingerprint density at radius 2 is 1.61 bits per heavy atom. The molecule has 0 radical (unpaired) electrons. The highest BCUT2D eigenvalue weighted by Crippen LogP contribution is 2.21. The number of benzene rings is 1. The molecule has 1 aromatic carbocycles. The lowest BCUT2D eigenvalue weighted by Gasteiger charge is -2.37. The van der Waals surface area contributed by atoms with Gasteiger partial charge in [0.2, 0.25) is 17.7 Å². The van der Waals surface area contributed by atoms with Crippen LogP contribution in [0.25, 0.3) is 0 Å². The Balaban J connectivity index is 3.24. The molecule has 0 aliphatic carbocycles. The normalized spacial score (nSPS) is 13.6. The molecule has 0 aromatic heterocycles. The van der Waals surface area contributed by atoms with E-state index >= 15 is 0 Å². The third kappa shape index (κ3) is 12.9. The molecule has 3 unspecified atom stereocenters. The summed E-state index contributed by atoms with van der Waals surface area (Å²) in [5.74, 6) is -3.25. The molecule has 1 aromatic rings. The van der Waals surface area contributed by atoms with Crippen LogP contribution in [0.4, 0.5) is 13.2 Å². The van der Waals surface area contributed by atoms with Gasteiger partial charge in [0.05, 0.1) is 13.0 Å². The monoisotopic (exact) mass is 585 g/mol. The number of amides is 4. The van der Waals surface area contributed by atoms with E-state index in [9.17, 15) is 32.3 Å². The number of hydrogen-bond acceptors (Lipinski definition) is 5. The van der Waals surface area contributed by atoms with Crippen LogP contribution in [0.2, 0.25) is 0 Å². The summed E-state index contributed by atoms with van der Waals surface area (Å²) < 4.78 is 40.7. The Morgan fingerprint density at radius 1 is 0.951 bits per heavy atom. The van der Waals surface area contributed by atoms with Crippen molar-refractivity contribution in [3.05, 3.63) is 35.9 Å². The highest BCUT2D eigenvalue weighted by Gasteiger charge is 2.43. The first kappa shape index (κ1) is 35.9. The molecule has 12 heteroatoms. The van der Waals surface area contributed by atoms with Gasteiger partial charge in [-0.2, -0.15) is 13.2 Å². The first-order valence-corrected chi connectivity index (χ1v) is 14.3. The fourth-order valence-electron chi connectivity index (χ4n) is 4.28. The van der Waals surface area contributed by atoms with Gasteiger partial charge in [0.25, 0.3) is 0 Å². The molecule has 0 spiro atoms. The molecule has 0 aliphatic heterocycles. The van der Waals surface area contributed by atoms with E-state index < -0.39 is 41.9 Å². The number of nitrogens with zero attached hydrogens (tertiary/aromatic N) is 2. The van der Waals surface area contributed by atoms with Crippen molar-refractivity contribution in [2.45, 2.75) is 78.1 Å². The van der Waals surface area contributed by atoms with Crippen LogP contribution in [0.5, 0.6) is 0 Å². The van der Waals surface area contributed by atoms with Gasteiger partial charge >= 0.3 is 12.1 Å². The van der Waals surface area contributed by atoms with Crippen LogP contribution in [0.15, 0.2) is 30.3 Å². The molecule has 0 heterocycles. The van der Waals surface area contributed by atoms with Gasteiger partial charge in [-0.3, -0.25) is 19.2 Å². The van der Waals surface area contributed by atoms with Gasteiger partial charge in [-0.1, -0.05) is 64.4 Å². The van der Waals surface area contributed by atoms with Gasteiger partial charge in [0.1, 0.15) is 6.04 Å². The second kappa shape index (κ2) is 18.3. The van der Waals surface area contributed by atoms with Crippen LogP contribution in [-0.2, 0) is 25.6 Å². The zero-order valence-electron chi connectivity index (χ0n) is 24.9. The standard InChI is InChI=1S/C29H46F3N5O4/c1-6-15-37(27(40)24(35-26(39)19-33-5)17-25(38)34-18-21(4)7-2)23(8-3)20-36(28(41)29(30,31)32)16-14-22-12-10-9-11-13-22/h9-13,21,23-24,33H,6-8,14-20H2,1-5H3,(H,34,38)(H,35,39). The minimum atomic E-state index is -5.08. The summed E-state index contributed by atoms with van der Waals surface area (Å²) in [6.07, 6.45) is -3.60. The Kier molecular flexibility index (Phi) is 16.0. The molecule has 0 saturated carbocycles. The SMILES string of the molecule is CCCN(C(=O)C(CC(=O)NCC(C)CC)NC(=O)CNC)C(CC)CN(CCc1ccccc1)C(=O)C(F)(F)F. The fraction of sp³-hybridized carbons (Fsp3) is 0.655. The second-order valence-corrected chi connectivity index (χ2v) is 10.3. The number of hydrogen-bond donors (Lipinski definition) is 3. The van der Waals surface area contributed by atoms with Crippen molar-refractivity contribution < 1.29 is 32.3 Å². The van der Waals surface area contributed by atoms with Crippen molar-refractivity contribution in [2.24, 2.45) is 5.92 Å². The molecule has 232 valence electrons. The molecule has 41 heavy (non-hydrogen) atoms. The first-order chi connectivity index (χ1) is 19.4. The van der Waals surface area contributed by atoms with Gasteiger partial charge in [-0.15, -0.1) is 0 Å². The number of carbonyl (C=O) groups is 4. The first-order valence-electron chi connectivity index (χ1n) is 14.3. The Hall–Kier alpha value is -3.15. The third-order valence-electron chi connectivity index (χ3n) is 6.84. The molecule has 0 saturated heterocycles. The second-order valence-electron chi connectivity index (χ2n) is 10.3. The number of nitrogens with one attached hydrogen (secondary N) is 3. The average molecular weight is 586 g/mol. The maximum absolute atomic E-state index is 13.8. The zero-order valence-corrected chi connectivity index (χ0v) is 24.9. The maximum atomic E-state index is 13.8. The van der Waals surface area contributed by atoms with E-state index in [-0.39, 0.29) is 51.4 Å². The lowest BCUT2D eigenvalue weighted by Crippen LogP contribution is -2.57. The quantitative estimate of drug-likeness (QED) is 0.246. The minimum Gasteiger partial charge on any atom is -0.356 e. The summed E-state index contributed by atoms with van der Waals surface area (Å²) in [7, 11) is 1.56. The molecule has 0 aliphatic rings. The number of rotatable bonds is 18.